The van der Waals surface area contributed by atoms with E-state index in [0.29, 0.717) is 21.7 Å². The smallest absolute Gasteiger partial charge is 0.115 e. The summed E-state index contributed by atoms with van der Waals surface area (Å²) in [6.07, 6.45) is 34.1. The lowest BCUT2D eigenvalue weighted by Gasteiger charge is -2.58. The molecule has 0 aliphatic heterocycles. The molecule has 0 amide bonds. The van der Waals surface area contributed by atoms with Crippen LogP contribution in [0.15, 0.2) is 23.3 Å². The zero-order chi connectivity index (χ0) is 41.2. The van der Waals surface area contributed by atoms with Crippen molar-refractivity contribution >= 4 is 8.25 Å². The van der Waals surface area contributed by atoms with Crippen LogP contribution in [0.2, 0.25) is 0 Å². The highest BCUT2D eigenvalue weighted by atomic mass is 31.1. The molecule has 0 bridgehead atoms. The fourth-order valence-corrected chi connectivity index (χ4v) is 18.6. The van der Waals surface area contributed by atoms with E-state index in [1.165, 1.54) is 116 Å². The van der Waals surface area contributed by atoms with Gasteiger partial charge in [-0.1, -0.05) is 131 Å². The Hall–Kier alpha value is -0.500. The van der Waals surface area contributed by atoms with Crippen LogP contribution >= 0.6 is 8.25 Å². The molecule has 6 saturated carbocycles. The highest BCUT2D eigenvalue weighted by molar-refractivity contribution is 7.33. The Balaban J connectivity index is 0.837. The first kappa shape index (κ1) is 44.1. The van der Waals surface area contributed by atoms with Crippen LogP contribution in [-0.4, -0.2) is 12.2 Å². The maximum absolute atomic E-state index is 13.7. The van der Waals surface area contributed by atoms with Crippen molar-refractivity contribution in [2.75, 3.05) is 0 Å². The summed E-state index contributed by atoms with van der Waals surface area (Å²) < 4.78 is 26.5. The molecule has 6 fully saturated rings. The summed E-state index contributed by atoms with van der Waals surface area (Å²) in [5.74, 6) is 10.3. The number of hydrogen-bond acceptors (Lipinski definition) is 3. The molecule has 16 atom stereocenters. The van der Waals surface area contributed by atoms with Crippen LogP contribution < -0.4 is 0 Å². The first-order valence-corrected chi connectivity index (χ1v) is 26.9. The Morgan fingerprint density at radius 2 is 0.966 bits per heavy atom. The summed E-state index contributed by atoms with van der Waals surface area (Å²) in [5.41, 5.74) is 4.90. The van der Waals surface area contributed by atoms with Gasteiger partial charge in [-0.15, -0.1) is 9.05 Å². The minimum atomic E-state index is -2.11. The van der Waals surface area contributed by atoms with Crippen molar-refractivity contribution < 1.29 is 13.6 Å². The molecule has 58 heavy (non-hydrogen) atoms. The third-order valence-corrected chi connectivity index (χ3v) is 21.9. The van der Waals surface area contributed by atoms with Crippen LogP contribution in [-0.2, 0) is 13.6 Å². The minimum Gasteiger partial charge on any atom is -0.115 e. The van der Waals surface area contributed by atoms with Gasteiger partial charge >= 0.3 is 8.25 Å². The number of allylic oxidation sites excluding steroid dienone is 2. The zero-order valence-corrected chi connectivity index (χ0v) is 40.4. The molecule has 0 aromatic rings. The normalized spacial score (nSPS) is 45.9. The molecule has 0 heterocycles. The Labute approximate surface area is 359 Å². The molecule has 8 aliphatic rings. The summed E-state index contributed by atoms with van der Waals surface area (Å²) in [5, 5.41) is 0. The number of fused-ring (bicyclic) bond motifs is 10. The summed E-state index contributed by atoms with van der Waals surface area (Å²) >= 11 is 0. The van der Waals surface area contributed by atoms with Gasteiger partial charge in [0, 0.05) is 17.4 Å². The largest absolute Gasteiger partial charge is 0.697 e. The first-order chi connectivity index (χ1) is 27.6. The van der Waals surface area contributed by atoms with Crippen LogP contribution in [0.3, 0.4) is 0 Å². The molecule has 0 saturated heterocycles. The Morgan fingerprint density at radius 3 is 1.36 bits per heavy atom. The summed E-state index contributed by atoms with van der Waals surface area (Å²) in [6, 6.07) is 0. The predicted molar refractivity (Wildman–Crippen MR) is 243 cm³/mol. The van der Waals surface area contributed by atoms with Crippen LogP contribution in [0.25, 0.3) is 0 Å². The monoisotopic (exact) mass is 818 g/mol. The van der Waals surface area contributed by atoms with Crippen LogP contribution in [0.1, 0.15) is 210 Å². The second kappa shape index (κ2) is 17.2. The summed E-state index contributed by atoms with van der Waals surface area (Å²) in [4.78, 5) is 0. The second-order valence-corrected chi connectivity index (χ2v) is 25.6. The molecular weight excluding hydrogens is 728 g/mol. The topological polar surface area (TPSA) is 35.5 Å². The first-order valence-electron chi connectivity index (χ1n) is 25.8. The van der Waals surface area contributed by atoms with Gasteiger partial charge in [0.15, 0.2) is 0 Å². The van der Waals surface area contributed by atoms with Gasteiger partial charge in [-0.3, -0.25) is 0 Å². The Kier molecular flexibility index (Phi) is 13.1. The standard InChI is InChI=1S/C54H90O3P/c1-35(2)13-11-15-37(5)45-21-23-47-43-19-17-39-33-41(25-29-51(39,7)49(43)27-31-53(45,47)9)56-58(55)57-42-26-30-52(8)40(34-42)18-20-44-48-24-22-46(38(6)16-12-14-36(3)4)54(48,10)32-28-50(44)52/h17-18,35-38,41-50H,11-16,19-34H2,1-10H3/q+1/t37-,38-,41+,42+,43+,44+,45-,46-,47?,48?,49?,50?,51+,52+,53-,54-/m1/s1. The molecule has 0 aromatic heterocycles. The van der Waals surface area contributed by atoms with Crippen LogP contribution in [0.4, 0.5) is 0 Å². The molecule has 4 unspecified atom stereocenters. The molecule has 8 aliphatic carbocycles. The molecular formula is C54H90O3P+. The van der Waals surface area contributed by atoms with E-state index < -0.39 is 8.25 Å². The van der Waals surface area contributed by atoms with E-state index in [1.807, 2.05) is 0 Å². The highest BCUT2D eigenvalue weighted by Gasteiger charge is 2.61. The Morgan fingerprint density at radius 1 is 0.552 bits per heavy atom. The highest BCUT2D eigenvalue weighted by Crippen LogP contribution is 2.69. The predicted octanol–water partition coefficient (Wildman–Crippen LogP) is 16.5. The second-order valence-electron chi connectivity index (χ2n) is 24.7. The van der Waals surface area contributed by atoms with Crippen LogP contribution in [0, 0.1) is 92.7 Å². The third kappa shape index (κ3) is 8.01. The van der Waals surface area contributed by atoms with E-state index in [2.05, 4.69) is 81.4 Å². The quantitative estimate of drug-likeness (QED) is 0.129. The zero-order valence-electron chi connectivity index (χ0n) is 39.5. The van der Waals surface area contributed by atoms with Gasteiger partial charge in [0.2, 0.25) is 0 Å². The van der Waals surface area contributed by atoms with Crippen molar-refractivity contribution in [3.8, 4) is 0 Å². The van der Waals surface area contributed by atoms with Gasteiger partial charge in [-0.2, -0.15) is 0 Å². The van der Waals surface area contributed by atoms with Crippen molar-refractivity contribution in [3.05, 3.63) is 23.3 Å². The van der Waals surface area contributed by atoms with Gasteiger partial charge in [0.05, 0.1) is 0 Å². The number of hydrogen-bond donors (Lipinski definition) is 0. The van der Waals surface area contributed by atoms with Crippen LogP contribution in [0.5, 0.6) is 0 Å². The fourth-order valence-electron chi connectivity index (χ4n) is 17.8. The van der Waals surface area contributed by atoms with Crippen molar-refractivity contribution in [1.29, 1.82) is 0 Å². The summed E-state index contributed by atoms with van der Waals surface area (Å²) in [6.45, 7) is 25.4. The van der Waals surface area contributed by atoms with Gasteiger partial charge in [0.1, 0.15) is 12.2 Å². The third-order valence-electron chi connectivity index (χ3n) is 21.0. The van der Waals surface area contributed by atoms with Gasteiger partial charge in [-0.25, -0.2) is 0 Å². The molecule has 0 aromatic carbocycles. The van der Waals surface area contributed by atoms with Gasteiger partial charge in [0.25, 0.3) is 0 Å². The lowest BCUT2D eigenvalue weighted by atomic mass is 9.47. The van der Waals surface area contributed by atoms with Crippen molar-refractivity contribution in [3.63, 3.8) is 0 Å². The molecule has 8 rings (SSSR count). The average molecular weight is 818 g/mol. The van der Waals surface area contributed by atoms with Crippen molar-refractivity contribution in [2.24, 2.45) is 92.7 Å². The summed E-state index contributed by atoms with van der Waals surface area (Å²) in [7, 11) is -2.11. The molecule has 0 radical (unpaired) electrons. The lowest BCUT2D eigenvalue weighted by Crippen LogP contribution is -2.51. The van der Waals surface area contributed by atoms with E-state index in [1.54, 1.807) is 11.1 Å². The minimum absolute atomic E-state index is 0.0316. The molecule has 328 valence electrons. The Bertz CT molecular complexity index is 1420. The maximum atomic E-state index is 13.7. The van der Waals surface area contributed by atoms with E-state index in [0.717, 1.165) is 96.7 Å². The van der Waals surface area contributed by atoms with E-state index >= 15 is 0 Å². The average Bonchev–Trinajstić information content (AvgIpc) is 3.71. The lowest BCUT2D eigenvalue weighted by molar-refractivity contribution is -0.0587. The fraction of sp³-hybridized carbons (Fsp3) is 0.926. The SMILES string of the molecule is CC(C)CCC[C@@H](C)[C@H]1CCC2[C@@H]3CC=C4C[C@@H](O[P+](=O)O[C@H]5CC[C@@]6(C)C(=CC[C@@H]7C6CC[C@@]6(C)C7CC[C@@H]6[C@H](C)CCCC(C)C)C5)CC[C@]4(C)C3CC[C@@]21C. The van der Waals surface area contributed by atoms with E-state index in [9.17, 15) is 4.57 Å². The van der Waals surface area contributed by atoms with E-state index in [-0.39, 0.29) is 12.2 Å². The van der Waals surface area contributed by atoms with E-state index in [4.69, 9.17) is 9.05 Å². The molecule has 0 spiro atoms. The van der Waals surface area contributed by atoms with Gasteiger partial charge < -0.3 is 0 Å². The van der Waals surface area contributed by atoms with Crippen molar-refractivity contribution in [1.82, 2.24) is 0 Å². The molecule has 3 nitrogen and oxygen atoms in total. The van der Waals surface area contributed by atoms with Crippen molar-refractivity contribution in [2.45, 2.75) is 223 Å². The number of rotatable bonds is 14. The molecule has 0 N–H and O–H groups in total. The maximum Gasteiger partial charge on any atom is 0.697 e. The molecule has 4 heteroatoms. The van der Waals surface area contributed by atoms with Gasteiger partial charge in [-0.05, 0) is 183 Å².